The Morgan fingerprint density at radius 3 is 2.69 bits per heavy atom. The summed E-state index contributed by atoms with van der Waals surface area (Å²) in [5.41, 5.74) is 0.783. The number of rotatable bonds is 3. The van der Waals surface area contributed by atoms with Crippen LogP contribution in [0.25, 0.3) is 0 Å². The largest absolute Gasteiger partial charge is 0.467 e. The van der Waals surface area contributed by atoms with Crippen LogP contribution in [0.3, 0.4) is 0 Å². The van der Waals surface area contributed by atoms with E-state index in [1.807, 2.05) is 0 Å². The lowest BCUT2D eigenvalue weighted by atomic mass is 10.2. The first kappa shape index (κ1) is 13.0. The van der Waals surface area contributed by atoms with Crippen LogP contribution in [0, 0.1) is 0 Å². The van der Waals surface area contributed by atoms with Gasteiger partial charge in [0.25, 0.3) is 0 Å². The molecule has 0 heterocycles. The van der Waals surface area contributed by atoms with Crippen LogP contribution < -0.4 is 0 Å². The zero-order valence-corrected chi connectivity index (χ0v) is 10.4. The summed E-state index contributed by atoms with van der Waals surface area (Å²) in [4.78, 5) is 15.1. The van der Waals surface area contributed by atoms with Crippen LogP contribution >= 0.6 is 23.2 Å². The molecule has 1 rings (SSSR count). The monoisotopic (exact) mass is 259 g/mol. The van der Waals surface area contributed by atoms with Crippen molar-refractivity contribution in [2.45, 2.75) is 13.0 Å². The number of hydrogen-bond donors (Lipinski definition) is 0. The van der Waals surface area contributed by atoms with Crippen LogP contribution in [0.15, 0.2) is 23.2 Å². The van der Waals surface area contributed by atoms with E-state index in [1.165, 1.54) is 7.11 Å². The number of carbonyl (C=O) groups is 1. The zero-order valence-electron chi connectivity index (χ0n) is 8.91. The van der Waals surface area contributed by atoms with Crippen molar-refractivity contribution in [1.29, 1.82) is 0 Å². The quantitative estimate of drug-likeness (QED) is 0.619. The van der Waals surface area contributed by atoms with Gasteiger partial charge in [-0.15, -0.1) is 0 Å². The molecule has 1 aromatic carbocycles. The lowest BCUT2D eigenvalue weighted by Gasteiger charge is -2.02. The molecule has 0 spiro atoms. The topological polar surface area (TPSA) is 38.7 Å². The first-order chi connectivity index (χ1) is 7.54. The van der Waals surface area contributed by atoms with E-state index in [2.05, 4.69) is 9.73 Å². The Balaban J connectivity index is 2.76. The molecule has 0 radical (unpaired) electrons. The summed E-state index contributed by atoms with van der Waals surface area (Å²) >= 11 is 11.6. The molecular weight excluding hydrogens is 249 g/mol. The predicted octanol–water partition coefficient (Wildman–Crippen LogP) is 2.97. The van der Waals surface area contributed by atoms with Crippen LogP contribution in [0.5, 0.6) is 0 Å². The van der Waals surface area contributed by atoms with Crippen molar-refractivity contribution in [3.05, 3.63) is 33.8 Å². The summed E-state index contributed by atoms with van der Waals surface area (Å²) in [5.74, 6) is -0.378. The standard InChI is InChI=1S/C11H11Cl2NO2/c1-7(11(15)16-2)14-6-8-3-4-9(12)10(13)5-8/h3-7H,1-2H3. The molecule has 1 aromatic rings. The van der Waals surface area contributed by atoms with Crippen molar-refractivity contribution in [3.63, 3.8) is 0 Å². The number of nitrogens with zero attached hydrogens (tertiary/aromatic N) is 1. The Labute approximate surface area is 104 Å². The fourth-order valence-electron chi connectivity index (χ4n) is 1.02. The smallest absolute Gasteiger partial charge is 0.330 e. The molecule has 0 saturated carbocycles. The number of aliphatic imine (C=N–C) groups is 1. The third kappa shape index (κ3) is 3.51. The summed E-state index contributed by atoms with van der Waals surface area (Å²) in [6.45, 7) is 1.65. The summed E-state index contributed by atoms with van der Waals surface area (Å²) in [7, 11) is 1.33. The van der Waals surface area contributed by atoms with Gasteiger partial charge in [0, 0.05) is 6.21 Å². The van der Waals surface area contributed by atoms with Crippen molar-refractivity contribution in [1.82, 2.24) is 0 Å². The number of esters is 1. The molecule has 0 N–H and O–H groups in total. The van der Waals surface area contributed by atoms with Gasteiger partial charge in [0.05, 0.1) is 17.2 Å². The molecule has 0 aliphatic rings. The van der Waals surface area contributed by atoms with Gasteiger partial charge in [0.15, 0.2) is 0 Å². The Hall–Kier alpha value is -1.06. The number of ether oxygens (including phenoxy) is 1. The van der Waals surface area contributed by atoms with Crippen molar-refractivity contribution >= 4 is 35.4 Å². The van der Waals surface area contributed by atoms with E-state index in [-0.39, 0.29) is 5.97 Å². The molecule has 16 heavy (non-hydrogen) atoms. The molecule has 0 bridgehead atoms. The Kier molecular flexibility index (Phi) is 4.77. The van der Waals surface area contributed by atoms with Gasteiger partial charge < -0.3 is 4.74 Å². The summed E-state index contributed by atoms with van der Waals surface area (Å²) in [5, 5.41) is 0.941. The number of halogens is 2. The predicted molar refractivity (Wildman–Crippen MR) is 65.5 cm³/mol. The first-order valence-corrected chi connectivity index (χ1v) is 5.36. The molecule has 0 amide bonds. The van der Waals surface area contributed by atoms with Crippen molar-refractivity contribution in [2.75, 3.05) is 7.11 Å². The van der Waals surface area contributed by atoms with E-state index in [0.29, 0.717) is 10.0 Å². The summed E-state index contributed by atoms with van der Waals surface area (Å²) in [6.07, 6.45) is 1.56. The normalized spacial score (nSPS) is 12.8. The van der Waals surface area contributed by atoms with Gasteiger partial charge in [0.2, 0.25) is 0 Å². The van der Waals surface area contributed by atoms with Crippen molar-refractivity contribution in [2.24, 2.45) is 4.99 Å². The van der Waals surface area contributed by atoms with Crippen LogP contribution in [-0.2, 0) is 9.53 Å². The first-order valence-electron chi connectivity index (χ1n) is 4.60. The van der Waals surface area contributed by atoms with Crippen LogP contribution in [-0.4, -0.2) is 25.3 Å². The molecular formula is C11H11Cl2NO2. The van der Waals surface area contributed by atoms with E-state index in [0.717, 1.165) is 5.56 Å². The van der Waals surface area contributed by atoms with Gasteiger partial charge in [-0.1, -0.05) is 29.3 Å². The molecule has 1 unspecified atom stereocenters. The Bertz CT molecular complexity index is 418. The van der Waals surface area contributed by atoms with E-state index in [1.54, 1.807) is 31.3 Å². The van der Waals surface area contributed by atoms with E-state index >= 15 is 0 Å². The number of benzene rings is 1. The van der Waals surface area contributed by atoms with Crippen LogP contribution in [0.1, 0.15) is 12.5 Å². The Morgan fingerprint density at radius 2 is 2.12 bits per heavy atom. The van der Waals surface area contributed by atoms with Crippen LogP contribution in [0.2, 0.25) is 10.0 Å². The molecule has 0 saturated heterocycles. The van der Waals surface area contributed by atoms with Gasteiger partial charge in [-0.05, 0) is 24.6 Å². The Morgan fingerprint density at radius 1 is 1.44 bits per heavy atom. The second kappa shape index (κ2) is 5.87. The summed E-state index contributed by atoms with van der Waals surface area (Å²) in [6, 6.07) is 4.59. The van der Waals surface area contributed by atoms with Gasteiger partial charge >= 0.3 is 5.97 Å². The fourth-order valence-corrected chi connectivity index (χ4v) is 1.33. The minimum absolute atomic E-state index is 0.378. The van der Waals surface area contributed by atoms with Gasteiger partial charge in [-0.25, -0.2) is 4.79 Å². The van der Waals surface area contributed by atoms with Crippen molar-refractivity contribution in [3.8, 4) is 0 Å². The maximum atomic E-state index is 11.1. The lowest BCUT2D eigenvalue weighted by Crippen LogP contribution is -2.16. The van der Waals surface area contributed by atoms with E-state index in [4.69, 9.17) is 23.2 Å². The SMILES string of the molecule is COC(=O)C(C)N=Cc1ccc(Cl)c(Cl)c1. The molecule has 0 aliphatic heterocycles. The highest BCUT2D eigenvalue weighted by molar-refractivity contribution is 6.42. The van der Waals surface area contributed by atoms with Gasteiger partial charge in [-0.3, -0.25) is 4.99 Å². The summed E-state index contributed by atoms with van der Waals surface area (Å²) < 4.78 is 4.54. The molecule has 0 aromatic heterocycles. The number of carbonyl (C=O) groups excluding carboxylic acids is 1. The van der Waals surface area contributed by atoms with E-state index < -0.39 is 6.04 Å². The average Bonchev–Trinajstić information content (AvgIpc) is 2.29. The lowest BCUT2D eigenvalue weighted by molar-refractivity contribution is -0.141. The highest BCUT2D eigenvalue weighted by atomic mass is 35.5. The molecule has 0 fully saturated rings. The van der Waals surface area contributed by atoms with Crippen molar-refractivity contribution < 1.29 is 9.53 Å². The number of methoxy groups -OCH3 is 1. The van der Waals surface area contributed by atoms with Crippen LogP contribution in [0.4, 0.5) is 0 Å². The molecule has 86 valence electrons. The molecule has 5 heteroatoms. The second-order valence-electron chi connectivity index (χ2n) is 3.15. The maximum absolute atomic E-state index is 11.1. The minimum Gasteiger partial charge on any atom is -0.467 e. The molecule has 0 aliphatic carbocycles. The number of hydrogen-bond acceptors (Lipinski definition) is 3. The highest BCUT2D eigenvalue weighted by Crippen LogP contribution is 2.21. The third-order valence-electron chi connectivity index (χ3n) is 1.93. The van der Waals surface area contributed by atoms with E-state index in [9.17, 15) is 4.79 Å². The fraction of sp³-hybridized carbons (Fsp3) is 0.273. The van der Waals surface area contributed by atoms with Gasteiger partial charge in [0.1, 0.15) is 6.04 Å². The minimum atomic E-state index is -0.528. The van der Waals surface area contributed by atoms with Gasteiger partial charge in [-0.2, -0.15) is 0 Å². The zero-order chi connectivity index (χ0) is 12.1. The maximum Gasteiger partial charge on any atom is 0.330 e. The molecule has 1 atom stereocenters. The average molecular weight is 260 g/mol. The molecule has 3 nitrogen and oxygen atoms in total. The third-order valence-corrected chi connectivity index (χ3v) is 2.67. The second-order valence-corrected chi connectivity index (χ2v) is 3.97. The highest BCUT2D eigenvalue weighted by Gasteiger charge is 2.09.